The van der Waals surface area contributed by atoms with Gasteiger partial charge in [-0.05, 0) is 27.2 Å². The normalized spacial score (nSPS) is 12.1. The molecule has 0 fully saturated rings. The van der Waals surface area contributed by atoms with E-state index in [2.05, 4.69) is 9.50 Å². The number of amides is 1. The third-order valence-corrected chi connectivity index (χ3v) is 3.36. The number of alkyl carbamates (subject to hydrolysis) is 1. The number of rotatable bonds is 17. The molecule has 0 heterocycles. The molecular formula is C17H35NO9S. The summed E-state index contributed by atoms with van der Waals surface area (Å²) in [4.78, 5) is 11.4. The minimum atomic E-state index is -3.38. The van der Waals surface area contributed by atoms with Gasteiger partial charge in [-0.1, -0.05) is 0 Å². The Morgan fingerprint density at radius 1 is 0.786 bits per heavy atom. The highest BCUT2D eigenvalue weighted by molar-refractivity contribution is 7.85. The smallest absolute Gasteiger partial charge is 0.407 e. The fraction of sp³-hybridized carbons (Fsp3) is 0.941. The van der Waals surface area contributed by atoms with Gasteiger partial charge >= 0.3 is 6.09 Å². The molecule has 10 nitrogen and oxygen atoms in total. The van der Waals surface area contributed by atoms with Crippen LogP contribution in [0.15, 0.2) is 0 Å². The Kier molecular flexibility index (Phi) is 15.3. The average Bonchev–Trinajstić information content (AvgIpc) is 2.55. The van der Waals surface area contributed by atoms with Crippen LogP contribution in [-0.4, -0.2) is 92.4 Å². The molecule has 1 amide bonds. The van der Waals surface area contributed by atoms with Gasteiger partial charge in [-0.2, -0.15) is 8.42 Å². The monoisotopic (exact) mass is 429 g/mol. The Bertz CT molecular complexity index is 491. The van der Waals surface area contributed by atoms with Crippen molar-refractivity contribution in [2.75, 3.05) is 72.3 Å². The maximum absolute atomic E-state index is 11.4. The molecule has 0 unspecified atom stereocenters. The van der Waals surface area contributed by atoms with Crippen LogP contribution in [0.3, 0.4) is 0 Å². The molecule has 28 heavy (non-hydrogen) atoms. The molecular weight excluding hydrogens is 394 g/mol. The van der Waals surface area contributed by atoms with E-state index in [1.54, 1.807) is 20.8 Å². The summed E-state index contributed by atoms with van der Waals surface area (Å²) in [6.45, 7) is 9.30. The van der Waals surface area contributed by atoms with Crippen molar-refractivity contribution in [2.24, 2.45) is 0 Å². The Morgan fingerprint density at radius 3 is 1.71 bits per heavy atom. The SMILES string of the molecule is CC(C)(C)OC(=O)NCCOCCOCCOCCOCCCOS(C)(=O)=O. The van der Waals surface area contributed by atoms with Crippen LogP contribution in [0.1, 0.15) is 27.2 Å². The number of hydrogen-bond acceptors (Lipinski definition) is 9. The molecule has 0 aliphatic rings. The number of hydrogen-bond donors (Lipinski definition) is 1. The van der Waals surface area contributed by atoms with Gasteiger partial charge in [-0.3, -0.25) is 4.18 Å². The Hall–Kier alpha value is -0.980. The predicted molar refractivity (Wildman–Crippen MR) is 103 cm³/mol. The third kappa shape index (κ3) is 23.1. The first kappa shape index (κ1) is 27.0. The van der Waals surface area contributed by atoms with Crippen molar-refractivity contribution in [2.45, 2.75) is 32.8 Å². The molecule has 0 saturated carbocycles. The van der Waals surface area contributed by atoms with Crippen LogP contribution in [0, 0.1) is 0 Å². The Labute approximate surface area is 168 Å². The molecule has 0 aliphatic heterocycles. The summed E-state index contributed by atoms with van der Waals surface area (Å²) in [6.07, 6.45) is 1.05. The van der Waals surface area contributed by atoms with Crippen molar-refractivity contribution in [1.82, 2.24) is 5.32 Å². The van der Waals surface area contributed by atoms with E-state index in [1.165, 1.54) is 0 Å². The number of carbonyl (C=O) groups is 1. The summed E-state index contributed by atoms with van der Waals surface area (Å²) in [6, 6.07) is 0. The maximum Gasteiger partial charge on any atom is 0.407 e. The fourth-order valence-corrected chi connectivity index (χ4v) is 2.09. The lowest BCUT2D eigenvalue weighted by Gasteiger charge is -2.19. The molecule has 168 valence electrons. The zero-order valence-corrected chi connectivity index (χ0v) is 18.2. The number of ether oxygens (including phenoxy) is 5. The van der Waals surface area contributed by atoms with Crippen LogP contribution < -0.4 is 5.32 Å². The molecule has 0 saturated heterocycles. The van der Waals surface area contributed by atoms with Crippen LogP contribution in [0.2, 0.25) is 0 Å². The molecule has 0 rings (SSSR count). The summed E-state index contributed by atoms with van der Waals surface area (Å²) < 4.78 is 52.4. The maximum atomic E-state index is 11.4. The zero-order valence-electron chi connectivity index (χ0n) is 17.4. The second-order valence-electron chi connectivity index (χ2n) is 6.76. The summed E-state index contributed by atoms with van der Waals surface area (Å²) in [7, 11) is -3.38. The van der Waals surface area contributed by atoms with Crippen molar-refractivity contribution in [3.05, 3.63) is 0 Å². The lowest BCUT2D eigenvalue weighted by Crippen LogP contribution is -2.34. The van der Waals surface area contributed by atoms with E-state index >= 15 is 0 Å². The van der Waals surface area contributed by atoms with E-state index in [4.69, 9.17) is 23.7 Å². The second kappa shape index (κ2) is 15.9. The van der Waals surface area contributed by atoms with E-state index in [0.717, 1.165) is 6.26 Å². The Morgan fingerprint density at radius 2 is 1.25 bits per heavy atom. The Balaban J connectivity index is 3.19. The minimum absolute atomic E-state index is 0.118. The van der Waals surface area contributed by atoms with E-state index in [0.29, 0.717) is 65.8 Å². The molecule has 1 N–H and O–H groups in total. The largest absolute Gasteiger partial charge is 0.444 e. The topological polar surface area (TPSA) is 119 Å². The van der Waals surface area contributed by atoms with Gasteiger partial charge in [-0.25, -0.2) is 4.79 Å². The quantitative estimate of drug-likeness (QED) is 0.266. The minimum Gasteiger partial charge on any atom is -0.444 e. The van der Waals surface area contributed by atoms with Crippen molar-refractivity contribution in [1.29, 1.82) is 0 Å². The van der Waals surface area contributed by atoms with Crippen molar-refractivity contribution >= 4 is 16.2 Å². The molecule has 0 aromatic rings. The van der Waals surface area contributed by atoms with Crippen LogP contribution in [0.4, 0.5) is 4.79 Å². The van der Waals surface area contributed by atoms with E-state index < -0.39 is 21.8 Å². The van der Waals surface area contributed by atoms with Gasteiger partial charge in [0.15, 0.2) is 0 Å². The second-order valence-corrected chi connectivity index (χ2v) is 8.40. The standard InChI is InChI=1S/C17H35NO9S/c1-17(2,3)27-16(19)18-6-9-23-11-13-25-15-14-24-12-10-22-7-5-8-26-28(4,20)21/h5-15H2,1-4H3,(H,18,19). The predicted octanol–water partition coefficient (Wildman–Crippen LogP) is 0.944. The van der Waals surface area contributed by atoms with Gasteiger partial charge in [0.05, 0.1) is 59.1 Å². The zero-order chi connectivity index (χ0) is 21.3. The summed E-state index contributed by atoms with van der Waals surface area (Å²) in [5.74, 6) is 0. The van der Waals surface area contributed by atoms with E-state index in [1.807, 2.05) is 0 Å². The van der Waals surface area contributed by atoms with E-state index in [-0.39, 0.29) is 6.61 Å². The van der Waals surface area contributed by atoms with Gasteiger partial charge in [0, 0.05) is 13.2 Å². The molecule has 0 radical (unpaired) electrons. The van der Waals surface area contributed by atoms with Crippen LogP contribution in [0.5, 0.6) is 0 Å². The lowest BCUT2D eigenvalue weighted by molar-refractivity contribution is -0.00266. The summed E-state index contributed by atoms with van der Waals surface area (Å²) in [5.41, 5.74) is -0.512. The van der Waals surface area contributed by atoms with Gasteiger partial charge in [-0.15, -0.1) is 0 Å². The van der Waals surface area contributed by atoms with Crippen molar-refractivity contribution in [3.63, 3.8) is 0 Å². The number of carbonyl (C=O) groups excluding carboxylic acids is 1. The van der Waals surface area contributed by atoms with Crippen molar-refractivity contribution < 1.29 is 41.1 Å². The highest BCUT2D eigenvalue weighted by Gasteiger charge is 2.15. The molecule has 11 heteroatoms. The highest BCUT2D eigenvalue weighted by atomic mass is 32.2. The lowest BCUT2D eigenvalue weighted by atomic mass is 10.2. The average molecular weight is 430 g/mol. The molecule has 0 aromatic carbocycles. The first-order chi connectivity index (χ1) is 13.1. The summed E-state index contributed by atoms with van der Waals surface area (Å²) in [5, 5.41) is 2.60. The fourth-order valence-electron chi connectivity index (χ4n) is 1.67. The highest BCUT2D eigenvalue weighted by Crippen LogP contribution is 2.06. The van der Waals surface area contributed by atoms with Gasteiger partial charge < -0.3 is 29.0 Å². The van der Waals surface area contributed by atoms with Gasteiger partial charge in [0.1, 0.15) is 5.60 Å². The number of nitrogens with one attached hydrogen (secondary N) is 1. The van der Waals surface area contributed by atoms with Crippen LogP contribution in [0.25, 0.3) is 0 Å². The molecule has 0 aromatic heterocycles. The van der Waals surface area contributed by atoms with Crippen molar-refractivity contribution in [3.8, 4) is 0 Å². The summed E-state index contributed by atoms with van der Waals surface area (Å²) >= 11 is 0. The molecule has 0 atom stereocenters. The first-order valence-corrected chi connectivity index (χ1v) is 11.0. The van der Waals surface area contributed by atoms with E-state index in [9.17, 15) is 13.2 Å². The molecule has 0 spiro atoms. The van der Waals surface area contributed by atoms with Crippen LogP contribution in [-0.2, 0) is 38.0 Å². The van der Waals surface area contributed by atoms with Gasteiger partial charge in [0.25, 0.3) is 10.1 Å². The van der Waals surface area contributed by atoms with Gasteiger partial charge in [0.2, 0.25) is 0 Å². The first-order valence-electron chi connectivity index (χ1n) is 9.22. The third-order valence-electron chi connectivity index (χ3n) is 2.76. The molecule has 0 aliphatic carbocycles. The molecule has 0 bridgehead atoms. The van der Waals surface area contributed by atoms with Crippen LogP contribution >= 0.6 is 0 Å².